The van der Waals surface area contributed by atoms with Crippen molar-refractivity contribution in [2.24, 2.45) is 0 Å². The average Bonchev–Trinajstić information content (AvgIpc) is 3.42. The van der Waals surface area contributed by atoms with Gasteiger partial charge in [-0.15, -0.1) is 5.10 Å². The molecule has 2 amide bonds. The van der Waals surface area contributed by atoms with Crippen LogP contribution < -0.4 is 5.32 Å². The van der Waals surface area contributed by atoms with Crippen molar-refractivity contribution >= 4 is 17.7 Å². The molecule has 0 atom stereocenters. The fourth-order valence-corrected chi connectivity index (χ4v) is 3.77. The molecule has 2 aromatic heterocycles. The molecule has 1 aliphatic rings. The number of carbonyl (C=O) groups is 2. The number of likely N-dealkylation sites (tertiary alicyclic amines) is 1. The molecular formula is C23H29N7O3. The van der Waals surface area contributed by atoms with E-state index in [9.17, 15) is 9.59 Å². The van der Waals surface area contributed by atoms with Crippen LogP contribution in [-0.2, 0) is 9.53 Å². The first-order chi connectivity index (χ1) is 15.7. The summed E-state index contributed by atoms with van der Waals surface area (Å²) in [6.07, 6.45) is 6.88. The summed E-state index contributed by atoms with van der Waals surface area (Å²) in [6, 6.07) is 7.67. The Hall–Kier alpha value is -3.69. The van der Waals surface area contributed by atoms with Crippen molar-refractivity contribution in [3.8, 4) is 16.9 Å². The maximum atomic E-state index is 12.3. The van der Waals surface area contributed by atoms with E-state index >= 15 is 0 Å². The number of ether oxygens (including phenoxy) is 1. The van der Waals surface area contributed by atoms with Crippen LogP contribution in [0.4, 0.5) is 10.5 Å². The molecule has 3 aromatic rings. The van der Waals surface area contributed by atoms with Crippen LogP contribution in [0.5, 0.6) is 0 Å². The van der Waals surface area contributed by atoms with E-state index in [-0.39, 0.29) is 18.0 Å². The minimum Gasteiger partial charge on any atom is -0.444 e. The maximum absolute atomic E-state index is 12.3. The highest BCUT2D eigenvalue weighted by atomic mass is 16.6. The molecule has 1 aromatic carbocycles. The molecule has 1 saturated heterocycles. The zero-order valence-electron chi connectivity index (χ0n) is 19.4. The summed E-state index contributed by atoms with van der Waals surface area (Å²) >= 11 is 0. The summed E-state index contributed by atoms with van der Waals surface area (Å²) < 4.78 is 9.08. The van der Waals surface area contributed by atoms with Gasteiger partial charge in [-0.2, -0.15) is 5.10 Å². The number of hydrogen-bond donors (Lipinski definition) is 1. The number of amides is 2. The van der Waals surface area contributed by atoms with E-state index in [1.165, 1.54) is 6.92 Å². The number of nitrogens with one attached hydrogen (secondary N) is 1. The third kappa shape index (κ3) is 5.57. The summed E-state index contributed by atoms with van der Waals surface area (Å²) in [5, 5.41) is 15.8. The lowest BCUT2D eigenvalue weighted by atomic mass is 10.1. The molecule has 1 N–H and O–H groups in total. The van der Waals surface area contributed by atoms with Crippen molar-refractivity contribution < 1.29 is 14.3 Å². The topological polar surface area (TPSA) is 107 Å². The molecular weight excluding hydrogens is 422 g/mol. The maximum Gasteiger partial charge on any atom is 0.410 e. The second-order valence-electron chi connectivity index (χ2n) is 9.19. The Bertz CT molecular complexity index is 1140. The van der Waals surface area contributed by atoms with Gasteiger partial charge in [-0.1, -0.05) is 17.3 Å². The molecule has 33 heavy (non-hydrogen) atoms. The fourth-order valence-electron chi connectivity index (χ4n) is 3.77. The van der Waals surface area contributed by atoms with E-state index in [4.69, 9.17) is 4.74 Å². The molecule has 1 aliphatic heterocycles. The van der Waals surface area contributed by atoms with Gasteiger partial charge in [-0.3, -0.25) is 9.48 Å². The second-order valence-corrected chi connectivity index (χ2v) is 9.19. The van der Waals surface area contributed by atoms with Gasteiger partial charge in [-0.25, -0.2) is 9.48 Å². The average molecular weight is 452 g/mol. The SMILES string of the molecule is CC(=O)Nc1cccc(-c2cn(-c3cnn(C4CCN(C(=O)OC(C)(C)C)CC4)c3)nn2)c1. The molecule has 0 aliphatic carbocycles. The van der Waals surface area contributed by atoms with Crippen LogP contribution in [0.25, 0.3) is 16.9 Å². The Morgan fingerprint density at radius 2 is 1.91 bits per heavy atom. The predicted molar refractivity (Wildman–Crippen MR) is 123 cm³/mol. The monoisotopic (exact) mass is 451 g/mol. The molecule has 174 valence electrons. The van der Waals surface area contributed by atoms with Gasteiger partial charge < -0.3 is 15.0 Å². The third-order valence-corrected chi connectivity index (χ3v) is 5.31. The van der Waals surface area contributed by atoms with Gasteiger partial charge in [-0.05, 0) is 45.7 Å². The quantitative estimate of drug-likeness (QED) is 0.649. The highest BCUT2D eigenvalue weighted by molar-refractivity contribution is 5.89. The van der Waals surface area contributed by atoms with Crippen LogP contribution in [0.2, 0.25) is 0 Å². The zero-order chi connectivity index (χ0) is 23.6. The molecule has 4 rings (SSSR count). The summed E-state index contributed by atoms with van der Waals surface area (Å²) in [7, 11) is 0. The van der Waals surface area contributed by atoms with Crippen LogP contribution in [-0.4, -0.2) is 60.4 Å². The van der Waals surface area contributed by atoms with Crippen molar-refractivity contribution in [1.82, 2.24) is 29.7 Å². The molecule has 10 heteroatoms. The number of piperidine rings is 1. The third-order valence-electron chi connectivity index (χ3n) is 5.31. The van der Waals surface area contributed by atoms with Crippen molar-refractivity contribution in [2.45, 2.75) is 52.2 Å². The summed E-state index contributed by atoms with van der Waals surface area (Å²) in [4.78, 5) is 25.3. The standard InChI is InChI=1S/C23H29N7O3/c1-16(31)25-18-7-5-6-17(12-18)21-15-30(27-26-21)20-13-24-29(14-20)19-8-10-28(11-9-19)22(32)33-23(2,3)4/h5-7,12-15,19H,8-11H2,1-4H3,(H,25,31). The summed E-state index contributed by atoms with van der Waals surface area (Å²) in [6.45, 7) is 8.36. The van der Waals surface area contributed by atoms with Gasteiger partial charge in [0.25, 0.3) is 0 Å². The minimum absolute atomic E-state index is 0.125. The molecule has 0 unspecified atom stereocenters. The van der Waals surface area contributed by atoms with Crippen LogP contribution in [0.3, 0.4) is 0 Å². The van der Waals surface area contributed by atoms with Gasteiger partial charge >= 0.3 is 6.09 Å². The highest BCUT2D eigenvalue weighted by Crippen LogP contribution is 2.25. The number of rotatable bonds is 4. The van der Waals surface area contributed by atoms with Crippen LogP contribution in [0.15, 0.2) is 42.9 Å². The molecule has 0 spiro atoms. The fraction of sp³-hybridized carbons (Fsp3) is 0.435. The Morgan fingerprint density at radius 1 is 1.15 bits per heavy atom. The van der Waals surface area contributed by atoms with E-state index < -0.39 is 5.60 Å². The van der Waals surface area contributed by atoms with E-state index in [2.05, 4.69) is 20.7 Å². The van der Waals surface area contributed by atoms with Gasteiger partial charge in [0, 0.05) is 31.3 Å². The lowest BCUT2D eigenvalue weighted by Crippen LogP contribution is -2.42. The van der Waals surface area contributed by atoms with Crippen LogP contribution >= 0.6 is 0 Å². The molecule has 0 radical (unpaired) electrons. The first kappa shape index (κ1) is 22.5. The van der Waals surface area contributed by atoms with E-state index in [1.807, 2.05) is 62.1 Å². The van der Waals surface area contributed by atoms with E-state index in [0.717, 1.165) is 24.1 Å². The number of anilines is 1. The normalized spacial score (nSPS) is 14.8. The first-order valence-electron chi connectivity index (χ1n) is 11.0. The smallest absolute Gasteiger partial charge is 0.410 e. The Kier molecular flexibility index (Phi) is 6.17. The van der Waals surface area contributed by atoms with Crippen LogP contribution in [0.1, 0.15) is 46.6 Å². The lowest BCUT2D eigenvalue weighted by molar-refractivity contribution is -0.114. The van der Waals surface area contributed by atoms with Crippen LogP contribution in [0, 0.1) is 0 Å². The Labute approximate surface area is 192 Å². The minimum atomic E-state index is -0.493. The molecule has 0 saturated carbocycles. The van der Waals surface area contributed by atoms with Crippen molar-refractivity contribution in [3.05, 3.63) is 42.9 Å². The Morgan fingerprint density at radius 3 is 2.61 bits per heavy atom. The number of carbonyl (C=O) groups excluding carboxylic acids is 2. The van der Waals surface area contributed by atoms with Gasteiger partial charge in [0.1, 0.15) is 17.0 Å². The van der Waals surface area contributed by atoms with Crippen molar-refractivity contribution in [2.75, 3.05) is 18.4 Å². The van der Waals surface area contributed by atoms with Crippen molar-refractivity contribution in [3.63, 3.8) is 0 Å². The number of hydrogen-bond acceptors (Lipinski definition) is 6. The van der Waals surface area contributed by atoms with E-state index in [0.29, 0.717) is 24.5 Å². The molecule has 1 fully saturated rings. The second kappa shape index (κ2) is 9.05. The molecule has 0 bridgehead atoms. The van der Waals surface area contributed by atoms with Gasteiger partial charge in [0.05, 0.1) is 24.6 Å². The zero-order valence-corrected chi connectivity index (χ0v) is 19.4. The summed E-state index contributed by atoms with van der Waals surface area (Å²) in [5.41, 5.74) is 2.57. The van der Waals surface area contributed by atoms with Crippen molar-refractivity contribution in [1.29, 1.82) is 0 Å². The Balaban J connectivity index is 1.40. The predicted octanol–water partition coefficient (Wildman–Crippen LogP) is 3.66. The number of benzene rings is 1. The largest absolute Gasteiger partial charge is 0.444 e. The number of aromatic nitrogens is 5. The van der Waals surface area contributed by atoms with Gasteiger partial charge in [0.15, 0.2) is 0 Å². The summed E-state index contributed by atoms with van der Waals surface area (Å²) in [5.74, 6) is -0.125. The van der Waals surface area contributed by atoms with Gasteiger partial charge in [0.2, 0.25) is 5.91 Å². The van der Waals surface area contributed by atoms with E-state index in [1.54, 1.807) is 15.8 Å². The first-order valence-corrected chi connectivity index (χ1v) is 11.0. The molecule has 10 nitrogen and oxygen atoms in total. The number of nitrogens with zero attached hydrogens (tertiary/aromatic N) is 6. The lowest BCUT2D eigenvalue weighted by Gasteiger charge is -2.33. The molecule has 3 heterocycles. The highest BCUT2D eigenvalue weighted by Gasteiger charge is 2.28.